The minimum atomic E-state index is -0.0288. The van der Waals surface area contributed by atoms with Crippen LogP contribution in [0, 0.1) is 0 Å². The van der Waals surface area contributed by atoms with Crippen LogP contribution in [0.1, 0.15) is 29.3 Å². The van der Waals surface area contributed by atoms with E-state index in [-0.39, 0.29) is 6.04 Å². The highest BCUT2D eigenvalue weighted by molar-refractivity contribution is 7.10. The quantitative estimate of drug-likeness (QED) is 0.634. The van der Waals surface area contributed by atoms with Crippen LogP contribution in [-0.2, 0) is 0 Å². The van der Waals surface area contributed by atoms with Gasteiger partial charge in [0.1, 0.15) is 11.5 Å². The lowest BCUT2D eigenvalue weighted by Gasteiger charge is -2.15. The minimum absolute atomic E-state index is 0.0288. The molecule has 0 aliphatic heterocycles. The van der Waals surface area contributed by atoms with Crippen LogP contribution in [0.5, 0.6) is 11.5 Å². The Bertz CT molecular complexity index is 564. The fraction of sp³-hybridized carbons (Fsp3) is 0.333. The lowest BCUT2D eigenvalue weighted by molar-refractivity contribution is 0.303. The summed E-state index contributed by atoms with van der Waals surface area (Å²) in [5.74, 6) is 7.49. The second kappa shape index (κ2) is 5.83. The molecular weight excluding hydrogens is 272 g/mol. The van der Waals surface area contributed by atoms with E-state index in [2.05, 4.69) is 17.6 Å². The van der Waals surface area contributed by atoms with Crippen molar-refractivity contribution < 1.29 is 9.47 Å². The fourth-order valence-electron chi connectivity index (χ4n) is 2.05. The largest absolute Gasteiger partial charge is 0.496 e. The number of rotatable bonds is 6. The van der Waals surface area contributed by atoms with E-state index in [1.807, 2.05) is 23.6 Å². The van der Waals surface area contributed by atoms with Crippen molar-refractivity contribution in [1.82, 2.24) is 5.43 Å². The standard InChI is InChI=1S/C15H18N2O2S/c1-18-13-8-14(20-9-13)15(17-16)10-2-4-11(5-3-10)19-12-6-7-12/h2-5,8-9,12,15,17H,6-7,16H2,1H3. The van der Waals surface area contributed by atoms with Crippen LogP contribution in [-0.4, -0.2) is 13.2 Å². The van der Waals surface area contributed by atoms with Gasteiger partial charge in [0.25, 0.3) is 0 Å². The van der Waals surface area contributed by atoms with E-state index in [1.54, 1.807) is 18.4 Å². The predicted octanol–water partition coefficient (Wildman–Crippen LogP) is 2.85. The molecule has 1 aliphatic rings. The van der Waals surface area contributed by atoms with E-state index < -0.39 is 0 Å². The van der Waals surface area contributed by atoms with E-state index >= 15 is 0 Å². The molecule has 1 aromatic heterocycles. The highest BCUT2D eigenvalue weighted by Gasteiger charge is 2.23. The predicted molar refractivity (Wildman–Crippen MR) is 80.1 cm³/mol. The third-order valence-electron chi connectivity index (χ3n) is 3.32. The zero-order chi connectivity index (χ0) is 13.9. The van der Waals surface area contributed by atoms with Gasteiger partial charge in [-0.25, -0.2) is 5.43 Å². The van der Waals surface area contributed by atoms with Gasteiger partial charge in [-0.05, 0) is 36.6 Å². The smallest absolute Gasteiger partial charge is 0.129 e. The van der Waals surface area contributed by atoms with Crippen molar-refractivity contribution in [3.8, 4) is 11.5 Å². The lowest BCUT2D eigenvalue weighted by Crippen LogP contribution is -2.28. The molecule has 1 unspecified atom stereocenters. The van der Waals surface area contributed by atoms with Crippen LogP contribution in [0.4, 0.5) is 0 Å². The first-order valence-electron chi connectivity index (χ1n) is 6.65. The normalized spacial score (nSPS) is 15.9. The Morgan fingerprint density at radius 3 is 2.55 bits per heavy atom. The number of ether oxygens (including phenoxy) is 2. The van der Waals surface area contributed by atoms with Crippen LogP contribution in [0.25, 0.3) is 0 Å². The molecule has 1 heterocycles. The first kappa shape index (κ1) is 13.4. The van der Waals surface area contributed by atoms with Gasteiger partial charge in [0.05, 0.1) is 19.3 Å². The van der Waals surface area contributed by atoms with Gasteiger partial charge in [-0.15, -0.1) is 11.3 Å². The first-order valence-corrected chi connectivity index (χ1v) is 7.53. The Morgan fingerprint density at radius 2 is 2.00 bits per heavy atom. The second-order valence-electron chi connectivity index (χ2n) is 4.87. The van der Waals surface area contributed by atoms with Crippen LogP contribution >= 0.6 is 11.3 Å². The van der Waals surface area contributed by atoms with Gasteiger partial charge in [-0.2, -0.15) is 0 Å². The zero-order valence-electron chi connectivity index (χ0n) is 11.3. The molecule has 3 rings (SSSR count). The summed E-state index contributed by atoms with van der Waals surface area (Å²) in [6.45, 7) is 0. The first-order chi connectivity index (χ1) is 9.80. The van der Waals surface area contributed by atoms with Crippen molar-refractivity contribution in [2.45, 2.75) is 25.0 Å². The van der Waals surface area contributed by atoms with Crippen molar-refractivity contribution >= 4 is 11.3 Å². The SMILES string of the molecule is COc1csc(C(NN)c2ccc(OC3CC3)cc2)c1. The monoisotopic (exact) mass is 290 g/mol. The number of thiophene rings is 1. The number of benzene rings is 1. The van der Waals surface area contributed by atoms with E-state index in [1.165, 1.54) is 12.8 Å². The maximum Gasteiger partial charge on any atom is 0.129 e. The van der Waals surface area contributed by atoms with Crippen LogP contribution in [0.15, 0.2) is 35.7 Å². The molecule has 1 aliphatic carbocycles. The Balaban J connectivity index is 1.77. The Hall–Kier alpha value is -1.56. The van der Waals surface area contributed by atoms with Crippen LogP contribution in [0.2, 0.25) is 0 Å². The number of hydrogen-bond acceptors (Lipinski definition) is 5. The maximum absolute atomic E-state index is 5.75. The molecule has 5 heteroatoms. The van der Waals surface area contributed by atoms with Gasteiger partial charge < -0.3 is 9.47 Å². The topological polar surface area (TPSA) is 56.5 Å². The van der Waals surface area contributed by atoms with Gasteiger partial charge in [-0.1, -0.05) is 12.1 Å². The van der Waals surface area contributed by atoms with E-state index in [0.29, 0.717) is 6.10 Å². The number of methoxy groups -OCH3 is 1. The van der Waals surface area contributed by atoms with Gasteiger partial charge in [0, 0.05) is 10.3 Å². The summed E-state index contributed by atoms with van der Waals surface area (Å²) in [5, 5.41) is 1.98. The van der Waals surface area contributed by atoms with Crippen molar-refractivity contribution in [1.29, 1.82) is 0 Å². The average molecular weight is 290 g/mol. The summed E-state index contributed by atoms with van der Waals surface area (Å²) in [6, 6.07) is 10.1. The summed E-state index contributed by atoms with van der Waals surface area (Å²) in [6.07, 6.45) is 2.76. The molecule has 1 fully saturated rings. The number of nitrogens with two attached hydrogens (primary N) is 1. The zero-order valence-corrected chi connectivity index (χ0v) is 12.2. The van der Waals surface area contributed by atoms with Crippen molar-refractivity contribution in [3.05, 3.63) is 46.2 Å². The molecular formula is C15H18N2O2S. The summed E-state index contributed by atoms with van der Waals surface area (Å²) in [5.41, 5.74) is 3.97. The Labute approximate surface area is 122 Å². The molecule has 20 heavy (non-hydrogen) atoms. The molecule has 3 N–H and O–H groups in total. The summed E-state index contributed by atoms with van der Waals surface area (Å²) in [4.78, 5) is 1.13. The van der Waals surface area contributed by atoms with E-state index in [9.17, 15) is 0 Å². The molecule has 1 saturated carbocycles. The third kappa shape index (κ3) is 2.95. The van der Waals surface area contributed by atoms with Gasteiger partial charge in [0.2, 0.25) is 0 Å². The molecule has 0 amide bonds. The van der Waals surface area contributed by atoms with E-state index in [4.69, 9.17) is 15.3 Å². The molecule has 0 spiro atoms. The molecule has 1 atom stereocenters. The number of nitrogens with one attached hydrogen (secondary N) is 1. The Morgan fingerprint density at radius 1 is 1.25 bits per heavy atom. The molecule has 0 saturated heterocycles. The third-order valence-corrected chi connectivity index (χ3v) is 4.30. The fourth-order valence-corrected chi connectivity index (χ4v) is 2.99. The van der Waals surface area contributed by atoms with Crippen LogP contribution < -0.4 is 20.7 Å². The number of hydrogen-bond donors (Lipinski definition) is 2. The molecule has 1 aromatic carbocycles. The van der Waals surface area contributed by atoms with Gasteiger partial charge in [0.15, 0.2) is 0 Å². The molecule has 2 aromatic rings. The highest BCUT2D eigenvalue weighted by Crippen LogP contribution is 2.32. The summed E-state index contributed by atoms with van der Waals surface area (Å²) >= 11 is 1.63. The summed E-state index contributed by atoms with van der Waals surface area (Å²) < 4.78 is 11.0. The minimum Gasteiger partial charge on any atom is -0.496 e. The van der Waals surface area contributed by atoms with Crippen molar-refractivity contribution in [3.63, 3.8) is 0 Å². The van der Waals surface area contributed by atoms with Gasteiger partial charge >= 0.3 is 0 Å². The Kier molecular flexibility index (Phi) is 3.91. The molecule has 0 bridgehead atoms. The van der Waals surface area contributed by atoms with E-state index in [0.717, 1.165) is 21.9 Å². The van der Waals surface area contributed by atoms with Crippen LogP contribution in [0.3, 0.4) is 0 Å². The second-order valence-corrected chi connectivity index (χ2v) is 5.82. The average Bonchev–Trinajstić information content (AvgIpc) is 3.16. The summed E-state index contributed by atoms with van der Waals surface area (Å²) in [7, 11) is 1.67. The van der Waals surface area contributed by atoms with Crippen molar-refractivity contribution in [2.75, 3.05) is 7.11 Å². The molecule has 4 nitrogen and oxygen atoms in total. The number of hydrazine groups is 1. The van der Waals surface area contributed by atoms with Gasteiger partial charge in [-0.3, -0.25) is 5.84 Å². The molecule has 106 valence electrons. The maximum atomic E-state index is 5.75. The lowest BCUT2D eigenvalue weighted by atomic mass is 10.1. The van der Waals surface area contributed by atoms with Crippen molar-refractivity contribution in [2.24, 2.45) is 5.84 Å². The molecule has 0 radical (unpaired) electrons. The highest BCUT2D eigenvalue weighted by atomic mass is 32.1.